The van der Waals surface area contributed by atoms with Crippen molar-refractivity contribution >= 4 is 33.2 Å². The van der Waals surface area contributed by atoms with Crippen LogP contribution in [0, 0.1) is 6.92 Å². The molecule has 0 aliphatic rings. The summed E-state index contributed by atoms with van der Waals surface area (Å²) in [5.41, 5.74) is 2.09. The van der Waals surface area contributed by atoms with Crippen LogP contribution in [0.25, 0.3) is 0 Å². The average molecular weight is 409 g/mol. The molecule has 2 rings (SSSR count). The Morgan fingerprint density at radius 2 is 1.81 bits per heavy atom. The summed E-state index contributed by atoms with van der Waals surface area (Å²) in [6.45, 7) is 5.45. The number of amides is 1. The van der Waals surface area contributed by atoms with E-state index in [0.29, 0.717) is 17.1 Å². The van der Waals surface area contributed by atoms with Gasteiger partial charge in [-0.2, -0.15) is 0 Å². The van der Waals surface area contributed by atoms with Crippen LogP contribution in [0.4, 0.5) is 5.69 Å². The molecule has 2 atom stereocenters. The van der Waals surface area contributed by atoms with Gasteiger partial charge in [0, 0.05) is 5.02 Å². The molecule has 0 aliphatic heterocycles. The number of anilines is 1. The largest absolute Gasteiger partial charge is 0.348 e. The highest BCUT2D eigenvalue weighted by molar-refractivity contribution is 7.92. The number of nitrogens with zero attached hydrogens (tertiary/aromatic N) is 1. The second kappa shape index (κ2) is 8.76. The van der Waals surface area contributed by atoms with Crippen molar-refractivity contribution in [3.05, 3.63) is 64.7 Å². The van der Waals surface area contributed by atoms with E-state index in [2.05, 4.69) is 5.32 Å². The van der Waals surface area contributed by atoms with Gasteiger partial charge in [-0.05, 0) is 43.5 Å². The van der Waals surface area contributed by atoms with Gasteiger partial charge >= 0.3 is 0 Å². The Morgan fingerprint density at radius 3 is 2.37 bits per heavy atom. The predicted molar refractivity (Wildman–Crippen MR) is 111 cm³/mol. The molecule has 0 aliphatic carbocycles. The highest BCUT2D eigenvalue weighted by Crippen LogP contribution is 2.29. The molecule has 0 saturated carbocycles. The lowest BCUT2D eigenvalue weighted by atomic mass is 10.1. The first-order valence-electron chi connectivity index (χ1n) is 8.76. The van der Waals surface area contributed by atoms with Crippen LogP contribution < -0.4 is 9.62 Å². The van der Waals surface area contributed by atoms with Crippen molar-refractivity contribution in [1.82, 2.24) is 5.32 Å². The summed E-state index contributed by atoms with van der Waals surface area (Å²) in [5, 5.41) is 3.34. The van der Waals surface area contributed by atoms with Gasteiger partial charge in [-0.3, -0.25) is 9.10 Å². The van der Waals surface area contributed by atoms with Gasteiger partial charge < -0.3 is 5.32 Å². The number of rotatable bonds is 7. The van der Waals surface area contributed by atoms with Gasteiger partial charge in [0.25, 0.3) is 0 Å². The minimum absolute atomic E-state index is 0.241. The Kier molecular flexibility index (Phi) is 6.89. The molecule has 7 heteroatoms. The van der Waals surface area contributed by atoms with Crippen LogP contribution in [0.5, 0.6) is 0 Å². The zero-order valence-corrected chi connectivity index (χ0v) is 17.5. The van der Waals surface area contributed by atoms with Gasteiger partial charge in [0.1, 0.15) is 6.04 Å². The molecule has 146 valence electrons. The fraction of sp³-hybridized carbons (Fsp3) is 0.350. The number of sulfonamides is 1. The van der Waals surface area contributed by atoms with Crippen molar-refractivity contribution < 1.29 is 13.2 Å². The summed E-state index contributed by atoms with van der Waals surface area (Å²) in [5.74, 6) is -0.348. The number of nitrogens with one attached hydrogen (secondary N) is 1. The SMILES string of the molecule is CCC(C(=O)NC(C)c1ccccc1)N(c1cc(Cl)ccc1C)S(C)(=O)=O. The van der Waals surface area contributed by atoms with Crippen LogP contribution in [0.15, 0.2) is 48.5 Å². The Balaban J connectivity index is 2.38. The molecular formula is C20H25ClN2O3S. The van der Waals surface area contributed by atoms with Crippen molar-refractivity contribution in [1.29, 1.82) is 0 Å². The van der Waals surface area contributed by atoms with E-state index >= 15 is 0 Å². The molecule has 27 heavy (non-hydrogen) atoms. The smallest absolute Gasteiger partial charge is 0.244 e. The van der Waals surface area contributed by atoms with E-state index in [4.69, 9.17) is 11.6 Å². The van der Waals surface area contributed by atoms with E-state index in [9.17, 15) is 13.2 Å². The van der Waals surface area contributed by atoms with Crippen LogP contribution in [0.3, 0.4) is 0 Å². The zero-order valence-electron chi connectivity index (χ0n) is 15.9. The lowest BCUT2D eigenvalue weighted by Gasteiger charge is -2.32. The van der Waals surface area contributed by atoms with Crippen LogP contribution >= 0.6 is 11.6 Å². The molecule has 0 fully saturated rings. The van der Waals surface area contributed by atoms with Gasteiger partial charge in [0.15, 0.2) is 0 Å². The maximum Gasteiger partial charge on any atom is 0.244 e. The third-order valence-electron chi connectivity index (χ3n) is 4.40. The number of benzene rings is 2. The summed E-state index contributed by atoms with van der Waals surface area (Å²) < 4.78 is 26.3. The minimum atomic E-state index is -3.70. The molecule has 0 aromatic heterocycles. The quantitative estimate of drug-likeness (QED) is 0.750. The molecule has 1 amide bonds. The first-order chi connectivity index (χ1) is 12.6. The highest BCUT2D eigenvalue weighted by Gasteiger charge is 2.33. The second-order valence-corrected chi connectivity index (χ2v) is 8.85. The molecule has 0 bridgehead atoms. The van der Waals surface area contributed by atoms with E-state index < -0.39 is 16.1 Å². The van der Waals surface area contributed by atoms with Crippen LogP contribution in [0.1, 0.15) is 37.4 Å². The summed E-state index contributed by atoms with van der Waals surface area (Å²) >= 11 is 6.08. The first kappa shape index (κ1) is 21.3. The summed E-state index contributed by atoms with van der Waals surface area (Å²) in [6, 6.07) is 13.4. The number of carbonyl (C=O) groups excluding carboxylic acids is 1. The topological polar surface area (TPSA) is 66.5 Å². The highest BCUT2D eigenvalue weighted by atomic mass is 35.5. The molecule has 2 unspecified atom stereocenters. The molecule has 0 spiro atoms. The second-order valence-electron chi connectivity index (χ2n) is 6.55. The Morgan fingerprint density at radius 1 is 1.19 bits per heavy atom. The summed E-state index contributed by atoms with van der Waals surface area (Å²) in [4.78, 5) is 13.0. The van der Waals surface area contributed by atoms with Crippen LogP contribution in [-0.2, 0) is 14.8 Å². The molecule has 2 aromatic carbocycles. The van der Waals surface area contributed by atoms with Crippen LogP contribution in [0.2, 0.25) is 5.02 Å². The number of hydrogen-bond acceptors (Lipinski definition) is 3. The maximum atomic E-state index is 13.0. The van der Waals surface area contributed by atoms with Crippen molar-refractivity contribution in [2.24, 2.45) is 0 Å². The molecular weight excluding hydrogens is 384 g/mol. The monoisotopic (exact) mass is 408 g/mol. The van der Waals surface area contributed by atoms with E-state index in [1.165, 1.54) is 4.31 Å². The molecule has 1 N–H and O–H groups in total. The Bertz CT molecular complexity index is 901. The first-order valence-corrected chi connectivity index (χ1v) is 11.0. The third kappa shape index (κ3) is 5.23. The van der Waals surface area contributed by atoms with Crippen LogP contribution in [-0.4, -0.2) is 26.6 Å². The Hall–Kier alpha value is -2.05. The molecule has 0 saturated heterocycles. The minimum Gasteiger partial charge on any atom is -0.348 e. The third-order valence-corrected chi connectivity index (χ3v) is 5.80. The molecule has 5 nitrogen and oxygen atoms in total. The number of hydrogen-bond donors (Lipinski definition) is 1. The van der Waals surface area contributed by atoms with Gasteiger partial charge in [-0.25, -0.2) is 8.42 Å². The van der Waals surface area contributed by atoms with Gasteiger partial charge in [0.05, 0.1) is 18.0 Å². The molecule has 2 aromatic rings. The summed E-state index contributed by atoms with van der Waals surface area (Å²) in [6.07, 6.45) is 1.43. The number of halogens is 1. The lowest BCUT2D eigenvalue weighted by Crippen LogP contribution is -2.50. The van der Waals surface area contributed by atoms with Crippen molar-refractivity contribution in [3.8, 4) is 0 Å². The number of carbonyl (C=O) groups is 1. The van der Waals surface area contributed by atoms with Gasteiger partial charge in [-0.1, -0.05) is 54.9 Å². The van der Waals surface area contributed by atoms with Crippen molar-refractivity contribution in [2.45, 2.75) is 39.3 Å². The maximum absolute atomic E-state index is 13.0. The normalized spacial score (nSPS) is 13.7. The molecule has 0 radical (unpaired) electrons. The van der Waals surface area contributed by atoms with Gasteiger partial charge in [-0.15, -0.1) is 0 Å². The Labute approximate surface area is 166 Å². The van der Waals surface area contributed by atoms with E-state index in [1.807, 2.05) is 37.3 Å². The fourth-order valence-electron chi connectivity index (χ4n) is 2.99. The van der Waals surface area contributed by atoms with Gasteiger partial charge in [0.2, 0.25) is 15.9 Å². The standard InChI is InChI=1S/C20H25ClN2O3S/c1-5-18(20(24)22-15(3)16-9-7-6-8-10-16)23(27(4,25)26)19-13-17(21)12-11-14(19)2/h6-13,15,18H,5H2,1-4H3,(H,22,24). The fourth-order valence-corrected chi connectivity index (χ4v) is 4.42. The number of aryl methyl sites for hydroxylation is 1. The van der Waals surface area contributed by atoms with Crippen molar-refractivity contribution in [3.63, 3.8) is 0 Å². The van der Waals surface area contributed by atoms with E-state index in [0.717, 1.165) is 17.4 Å². The average Bonchev–Trinajstić information content (AvgIpc) is 2.61. The van der Waals surface area contributed by atoms with Crippen molar-refractivity contribution in [2.75, 3.05) is 10.6 Å². The summed E-state index contributed by atoms with van der Waals surface area (Å²) in [7, 11) is -3.70. The zero-order chi connectivity index (χ0) is 20.2. The lowest BCUT2D eigenvalue weighted by molar-refractivity contribution is -0.122. The van der Waals surface area contributed by atoms with E-state index in [1.54, 1.807) is 32.0 Å². The van der Waals surface area contributed by atoms with E-state index in [-0.39, 0.29) is 11.9 Å². The molecule has 0 heterocycles. The predicted octanol–water partition coefficient (Wildman–Crippen LogP) is 4.07.